The van der Waals surface area contributed by atoms with Crippen LogP contribution in [0.15, 0.2) is 18.2 Å². The number of carboxylic acid groups (broad SMARTS) is 1. The van der Waals surface area contributed by atoms with Gasteiger partial charge in [-0.05, 0) is 31.0 Å². The van der Waals surface area contributed by atoms with E-state index >= 15 is 0 Å². The van der Waals surface area contributed by atoms with Crippen molar-refractivity contribution in [2.75, 3.05) is 11.1 Å². The molecule has 92 valence electrons. The van der Waals surface area contributed by atoms with Gasteiger partial charge < -0.3 is 16.2 Å². The largest absolute Gasteiger partial charge is 0.478 e. The Hall–Kier alpha value is -1.71. The number of hydrogen-bond acceptors (Lipinski definition) is 3. The van der Waals surface area contributed by atoms with E-state index in [1.54, 1.807) is 12.1 Å². The van der Waals surface area contributed by atoms with Crippen molar-refractivity contribution in [3.05, 3.63) is 23.8 Å². The van der Waals surface area contributed by atoms with Crippen molar-refractivity contribution in [3.63, 3.8) is 0 Å². The zero-order valence-corrected chi connectivity index (χ0v) is 9.78. The highest BCUT2D eigenvalue weighted by Crippen LogP contribution is 2.25. The lowest BCUT2D eigenvalue weighted by Crippen LogP contribution is -2.23. The maximum atomic E-state index is 11.1. The van der Waals surface area contributed by atoms with Gasteiger partial charge in [0.2, 0.25) is 0 Å². The van der Waals surface area contributed by atoms with Gasteiger partial charge in [-0.15, -0.1) is 0 Å². The number of nitrogens with two attached hydrogens (primary N) is 1. The molecule has 1 aliphatic carbocycles. The maximum absolute atomic E-state index is 11.1. The molecule has 0 aliphatic heterocycles. The van der Waals surface area contributed by atoms with Crippen LogP contribution in [-0.2, 0) is 0 Å². The summed E-state index contributed by atoms with van der Waals surface area (Å²) in [6.07, 6.45) is 5.95. The molecule has 0 aromatic heterocycles. The number of rotatable bonds is 3. The predicted molar refractivity (Wildman–Crippen MR) is 68.3 cm³/mol. The molecule has 4 nitrogen and oxygen atoms in total. The fourth-order valence-electron chi connectivity index (χ4n) is 2.33. The van der Waals surface area contributed by atoms with Gasteiger partial charge in [0.05, 0.1) is 5.56 Å². The quantitative estimate of drug-likeness (QED) is 0.703. The molecular weight excluding hydrogens is 216 g/mol. The van der Waals surface area contributed by atoms with E-state index in [9.17, 15) is 4.79 Å². The molecule has 1 fully saturated rings. The van der Waals surface area contributed by atoms with Crippen molar-refractivity contribution in [2.45, 2.75) is 38.1 Å². The summed E-state index contributed by atoms with van der Waals surface area (Å²) in [4.78, 5) is 11.1. The number of nitrogens with one attached hydrogen (secondary N) is 1. The first-order valence-corrected chi connectivity index (χ1v) is 6.06. The SMILES string of the molecule is Nc1ccc(NC2CCCCC2)c(C(=O)O)c1. The molecule has 1 saturated carbocycles. The fraction of sp³-hybridized carbons (Fsp3) is 0.462. The Bertz CT molecular complexity index is 412. The van der Waals surface area contributed by atoms with Crippen LogP contribution >= 0.6 is 0 Å². The molecule has 0 heterocycles. The average Bonchev–Trinajstić information content (AvgIpc) is 2.32. The summed E-state index contributed by atoms with van der Waals surface area (Å²) >= 11 is 0. The van der Waals surface area contributed by atoms with Crippen molar-refractivity contribution >= 4 is 17.3 Å². The van der Waals surface area contributed by atoms with Crippen LogP contribution in [0.3, 0.4) is 0 Å². The number of aromatic carboxylic acids is 1. The molecule has 1 aromatic rings. The van der Waals surface area contributed by atoms with E-state index in [0.29, 0.717) is 17.4 Å². The third-order valence-electron chi connectivity index (χ3n) is 3.24. The number of benzene rings is 1. The summed E-state index contributed by atoms with van der Waals surface area (Å²) in [7, 11) is 0. The second-order valence-corrected chi connectivity index (χ2v) is 4.59. The number of carbonyl (C=O) groups is 1. The zero-order chi connectivity index (χ0) is 12.3. The molecule has 0 unspecified atom stereocenters. The fourth-order valence-corrected chi connectivity index (χ4v) is 2.33. The van der Waals surface area contributed by atoms with Gasteiger partial charge in [-0.1, -0.05) is 19.3 Å². The van der Waals surface area contributed by atoms with Gasteiger partial charge in [0.1, 0.15) is 0 Å². The first kappa shape index (κ1) is 11.8. The van der Waals surface area contributed by atoms with Crippen LogP contribution < -0.4 is 11.1 Å². The van der Waals surface area contributed by atoms with E-state index < -0.39 is 5.97 Å². The van der Waals surface area contributed by atoms with E-state index in [-0.39, 0.29) is 5.56 Å². The van der Waals surface area contributed by atoms with Crippen LogP contribution in [0.2, 0.25) is 0 Å². The molecule has 0 bridgehead atoms. The van der Waals surface area contributed by atoms with Crippen LogP contribution in [0.4, 0.5) is 11.4 Å². The highest BCUT2D eigenvalue weighted by molar-refractivity contribution is 5.95. The van der Waals surface area contributed by atoms with E-state index in [0.717, 1.165) is 12.8 Å². The highest BCUT2D eigenvalue weighted by atomic mass is 16.4. The van der Waals surface area contributed by atoms with Gasteiger partial charge in [0, 0.05) is 17.4 Å². The van der Waals surface area contributed by atoms with Crippen molar-refractivity contribution in [1.29, 1.82) is 0 Å². The molecule has 4 N–H and O–H groups in total. The molecule has 17 heavy (non-hydrogen) atoms. The normalized spacial score (nSPS) is 16.7. The number of anilines is 2. The first-order chi connectivity index (χ1) is 8.16. The Labute approximate surface area is 101 Å². The Morgan fingerprint density at radius 3 is 2.65 bits per heavy atom. The molecule has 1 aromatic carbocycles. The van der Waals surface area contributed by atoms with Crippen molar-refractivity contribution < 1.29 is 9.90 Å². The van der Waals surface area contributed by atoms with Gasteiger partial charge in [-0.3, -0.25) is 0 Å². The minimum atomic E-state index is -0.935. The number of hydrogen-bond donors (Lipinski definition) is 3. The molecule has 0 atom stereocenters. The Kier molecular flexibility index (Phi) is 3.52. The molecule has 2 rings (SSSR count). The smallest absolute Gasteiger partial charge is 0.337 e. The van der Waals surface area contributed by atoms with Gasteiger partial charge >= 0.3 is 5.97 Å². The van der Waals surface area contributed by atoms with Gasteiger partial charge in [0.15, 0.2) is 0 Å². The molecular formula is C13H18N2O2. The maximum Gasteiger partial charge on any atom is 0.337 e. The lowest BCUT2D eigenvalue weighted by Gasteiger charge is -2.24. The lowest BCUT2D eigenvalue weighted by atomic mass is 9.95. The van der Waals surface area contributed by atoms with Gasteiger partial charge in [-0.2, -0.15) is 0 Å². The summed E-state index contributed by atoms with van der Waals surface area (Å²) in [5.41, 5.74) is 7.03. The second kappa shape index (κ2) is 5.08. The minimum absolute atomic E-state index is 0.260. The highest BCUT2D eigenvalue weighted by Gasteiger charge is 2.16. The molecule has 0 saturated heterocycles. The van der Waals surface area contributed by atoms with Gasteiger partial charge in [-0.25, -0.2) is 4.79 Å². The Balaban J connectivity index is 2.16. The summed E-state index contributed by atoms with van der Waals surface area (Å²) < 4.78 is 0. The van der Waals surface area contributed by atoms with Crippen LogP contribution in [0.1, 0.15) is 42.5 Å². The number of carboxylic acids is 1. The summed E-state index contributed by atoms with van der Waals surface area (Å²) in [5.74, 6) is -0.935. The van der Waals surface area contributed by atoms with Crippen LogP contribution in [0.5, 0.6) is 0 Å². The topological polar surface area (TPSA) is 75.3 Å². The van der Waals surface area contributed by atoms with E-state index in [2.05, 4.69) is 5.32 Å². The molecule has 0 spiro atoms. The average molecular weight is 234 g/mol. The van der Waals surface area contributed by atoms with Crippen LogP contribution in [0.25, 0.3) is 0 Å². The standard InChI is InChI=1S/C13H18N2O2/c14-9-6-7-12(11(8-9)13(16)17)15-10-4-2-1-3-5-10/h6-8,10,15H,1-5,14H2,(H,16,17). The Morgan fingerprint density at radius 2 is 2.00 bits per heavy atom. The molecule has 0 radical (unpaired) electrons. The first-order valence-electron chi connectivity index (χ1n) is 6.06. The van der Waals surface area contributed by atoms with Crippen molar-refractivity contribution in [1.82, 2.24) is 0 Å². The molecule has 0 amide bonds. The van der Waals surface area contributed by atoms with E-state index in [4.69, 9.17) is 10.8 Å². The molecule has 4 heteroatoms. The predicted octanol–water partition coefficient (Wildman–Crippen LogP) is 2.71. The minimum Gasteiger partial charge on any atom is -0.478 e. The van der Waals surface area contributed by atoms with E-state index in [1.807, 2.05) is 0 Å². The lowest BCUT2D eigenvalue weighted by molar-refractivity contribution is 0.0698. The van der Waals surface area contributed by atoms with Crippen molar-refractivity contribution in [3.8, 4) is 0 Å². The number of nitrogen functional groups attached to an aromatic ring is 1. The van der Waals surface area contributed by atoms with E-state index in [1.165, 1.54) is 25.3 Å². The summed E-state index contributed by atoms with van der Waals surface area (Å²) in [5, 5.41) is 12.4. The summed E-state index contributed by atoms with van der Waals surface area (Å²) in [6, 6.07) is 5.39. The monoisotopic (exact) mass is 234 g/mol. The van der Waals surface area contributed by atoms with Crippen molar-refractivity contribution in [2.24, 2.45) is 0 Å². The van der Waals surface area contributed by atoms with Crippen LogP contribution in [0, 0.1) is 0 Å². The third kappa shape index (κ3) is 2.90. The van der Waals surface area contributed by atoms with Crippen LogP contribution in [-0.4, -0.2) is 17.1 Å². The molecule has 1 aliphatic rings. The van der Waals surface area contributed by atoms with Gasteiger partial charge in [0.25, 0.3) is 0 Å². The second-order valence-electron chi connectivity index (χ2n) is 4.59. The summed E-state index contributed by atoms with van der Waals surface area (Å²) in [6.45, 7) is 0. The zero-order valence-electron chi connectivity index (χ0n) is 9.78. The Morgan fingerprint density at radius 1 is 1.29 bits per heavy atom. The third-order valence-corrected chi connectivity index (χ3v) is 3.24.